The van der Waals surface area contributed by atoms with Gasteiger partial charge in [-0.15, -0.1) is 5.10 Å². The molecule has 0 aliphatic heterocycles. The first kappa shape index (κ1) is 13.9. The number of nitrogens with zero attached hydrogens (tertiary/aromatic N) is 3. The molecule has 0 amide bonds. The summed E-state index contributed by atoms with van der Waals surface area (Å²) in [6.07, 6.45) is -4.67. The van der Waals surface area contributed by atoms with E-state index in [1.807, 2.05) is 0 Å². The molecule has 0 fully saturated rings. The van der Waals surface area contributed by atoms with Crippen LogP contribution in [0.1, 0.15) is 31.3 Å². The third-order valence-corrected chi connectivity index (χ3v) is 2.26. The van der Waals surface area contributed by atoms with Crippen LogP contribution in [0.15, 0.2) is 0 Å². The van der Waals surface area contributed by atoms with Gasteiger partial charge in [0, 0.05) is 6.04 Å². The van der Waals surface area contributed by atoms with Crippen LogP contribution >= 0.6 is 34.8 Å². The Morgan fingerprint density at radius 3 is 2.00 bits per heavy atom. The molecule has 0 aliphatic carbocycles. The van der Waals surface area contributed by atoms with Crippen molar-refractivity contribution in [3.05, 3.63) is 11.4 Å². The van der Waals surface area contributed by atoms with Gasteiger partial charge in [0.2, 0.25) is 3.79 Å². The molecule has 1 aromatic rings. The highest BCUT2D eigenvalue weighted by Crippen LogP contribution is 2.44. The Kier molecular flexibility index (Phi) is 3.67. The van der Waals surface area contributed by atoms with Crippen LogP contribution in [0.2, 0.25) is 0 Å². The smallest absolute Gasteiger partial charge is 0.237 e. The van der Waals surface area contributed by atoms with Crippen LogP contribution in [0.25, 0.3) is 0 Å². The Bertz CT molecular complexity index is 380. The zero-order valence-corrected chi connectivity index (χ0v) is 10.5. The van der Waals surface area contributed by atoms with Gasteiger partial charge in [0.25, 0.3) is 0 Å². The van der Waals surface area contributed by atoms with Crippen LogP contribution < -0.4 is 0 Å². The number of hydrogen-bond acceptors (Lipinski definition) is 2. The maximum atomic E-state index is 12.8. The fraction of sp³-hybridized carbons (Fsp3) is 0.714. The van der Waals surface area contributed by atoms with Gasteiger partial charge < -0.3 is 0 Å². The van der Waals surface area contributed by atoms with Crippen molar-refractivity contribution in [1.29, 1.82) is 0 Å². The predicted molar refractivity (Wildman–Crippen MR) is 54.6 cm³/mol. The Morgan fingerprint density at radius 2 is 1.69 bits per heavy atom. The van der Waals surface area contributed by atoms with Crippen molar-refractivity contribution in [3.63, 3.8) is 0 Å². The summed E-state index contributed by atoms with van der Waals surface area (Å²) < 4.78 is 36.7. The van der Waals surface area contributed by atoms with Crippen LogP contribution in [-0.4, -0.2) is 15.0 Å². The number of halogens is 6. The van der Waals surface area contributed by atoms with E-state index < -0.39 is 27.4 Å². The van der Waals surface area contributed by atoms with Crippen molar-refractivity contribution >= 4 is 34.8 Å². The summed E-state index contributed by atoms with van der Waals surface area (Å²) in [5.41, 5.74) is -1.85. The average Bonchev–Trinajstić information content (AvgIpc) is 2.43. The van der Waals surface area contributed by atoms with E-state index in [0.717, 1.165) is 0 Å². The summed E-state index contributed by atoms with van der Waals surface area (Å²) in [5.74, 6) is 0. The molecule has 16 heavy (non-hydrogen) atoms. The van der Waals surface area contributed by atoms with E-state index in [9.17, 15) is 13.2 Å². The lowest BCUT2D eigenvalue weighted by Crippen LogP contribution is -2.20. The van der Waals surface area contributed by atoms with Crippen LogP contribution in [-0.2, 0) is 9.97 Å². The molecule has 0 radical (unpaired) electrons. The summed E-state index contributed by atoms with van der Waals surface area (Å²) in [6, 6.07) is -0.537. The first-order valence-electron chi connectivity index (χ1n) is 4.14. The number of hydrogen-bond donors (Lipinski definition) is 0. The summed E-state index contributed by atoms with van der Waals surface area (Å²) in [6.45, 7) is 3.04. The highest BCUT2D eigenvalue weighted by molar-refractivity contribution is 6.66. The normalized spacial score (nSPS) is 13.6. The zero-order chi connectivity index (χ0) is 12.7. The molecule has 0 atom stereocenters. The third-order valence-electron chi connectivity index (χ3n) is 1.72. The van der Waals surface area contributed by atoms with Gasteiger partial charge in [-0.05, 0) is 13.8 Å². The molecule has 0 saturated carbocycles. The molecule has 1 rings (SSSR count). The fourth-order valence-corrected chi connectivity index (χ4v) is 1.49. The molecule has 0 bridgehead atoms. The Morgan fingerprint density at radius 1 is 1.19 bits per heavy atom. The van der Waals surface area contributed by atoms with Gasteiger partial charge in [0.1, 0.15) is 5.69 Å². The second kappa shape index (κ2) is 4.23. The Labute approximate surface area is 104 Å². The van der Waals surface area contributed by atoms with E-state index in [0.29, 0.717) is 4.68 Å². The summed E-state index contributed by atoms with van der Waals surface area (Å²) in [7, 11) is 0. The first-order valence-corrected chi connectivity index (χ1v) is 5.28. The molecule has 0 spiro atoms. The van der Waals surface area contributed by atoms with E-state index >= 15 is 0 Å². The van der Waals surface area contributed by atoms with Gasteiger partial charge in [-0.25, -0.2) is 4.68 Å². The summed E-state index contributed by atoms with van der Waals surface area (Å²) >= 11 is 16.2. The molecular formula is C7H7Cl3F3N3. The van der Waals surface area contributed by atoms with E-state index in [4.69, 9.17) is 34.8 Å². The zero-order valence-electron chi connectivity index (χ0n) is 8.19. The fourth-order valence-electron chi connectivity index (χ4n) is 1.11. The van der Waals surface area contributed by atoms with Crippen molar-refractivity contribution in [2.75, 3.05) is 0 Å². The van der Waals surface area contributed by atoms with Crippen LogP contribution in [0.5, 0.6) is 0 Å². The van der Waals surface area contributed by atoms with Gasteiger partial charge >= 0.3 is 6.18 Å². The standard InChI is InChI=1S/C7H7Cl3F3N3/c1-3(2)16-5(7(11,12)13)4(14-15-16)6(8,9)10/h3H,1-2H3. The molecule has 1 heterocycles. The Hall–Kier alpha value is -0.200. The van der Waals surface area contributed by atoms with Crippen molar-refractivity contribution in [2.24, 2.45) is 0 Å². The van der Waals surface area contributed by atoms with Gasteiger partial charge in [0.05, 0.1) is 0 Å². The van der Waals surface area contributed by atoms with Crippen LogP contribution in [0.4, 0.5) is 13.2 Å². The lowest BCUT2D eigenvalue weighted by Gasteiger charge is -2.15. The highest BCUT2D eigenvalue weighted by atomic mass is 35.6. The lowest BCUT2D eigenvalue weighted by atomic mass is 10.3. The van der Waals surface area contributed by atoms with Crippen LogP contribution in [0.3, 0.4) is 0 Å². The molecule has 0 N–H and O–H groups in total. The van der Waals surface area contributed by atoms with E-state index in [2.05, 4.69) is 10.3 Å². The second-order valence-electron chi connectivity index (χ2n) is 3.32. The summed E-state index contributed by atoms with van der Waals surface area (Å²) in [5, 5.41) is 6.61. The second-order valence-corrected chi connectivity index (χ2v) is 5.60. The monoisotopic (exact) mass is 295 g/mol. The SMILES string of the molecule is CC(C)n1nnc(C(Cl)(Cl)Cl)c1C(F)(F)F. The quantitative estimate of drug-likeness (QED) is 0.740. The molecule has 0 aromatic carbocycles. The van der Waals surface area contributed by atoms with Gasteiger partial charge in [-0.3, -0.25) is 0 Å². The Balaban J connectivity index is 3.44. The maximum Gasteiger partial charge on any atom is 0.435 e. The van der Waals surface area contributed by atoms with E-state index in [1.54, 1.807) is 0 Å². The van der Waals surface area contributed by atoms with Crippen molar-refractivity contribution in [1.82, 2.24) is 15.0 Å². The minimum Gasteiger partial charge on any atom is -0.237 e. The molecule has 3 nitrogen and oxygen atoms in total. The molecule has 0 saturated heterocycles. The van der Waals surface area contributed by atoms with Crippen molar-refractivity contribution in [3.8, 4) is 0 Å². The molecule has 92 valence electrons. The minimum absolute atomic E-state index is 0.537. The van der Waals surface area contributed by atoms with Crippen molar-refractivity contribution in [2.45, 2.75) is 29.9 Å². The molecular weight excluding hydrogens is 289 g/mol. The lowest BCUT2D eigenvalue weighted by molar-refractivity contribution is -0.145. The minimum atomic E-state index is -4.67. The van der Waals surface area contributed by atoms with E-state index in [1.165, 1.54) is 13.8 Å². The largest absolute Gasteiger partial charge is 0.435 e. The van der Waals surface area contributed by atoms with Gasteiger partial charge in [-0.1, -0.05) is 40.0 Å². The molecule has 9 heteroatoms. The van der Waals surface area contributed by atoms with Gasteiger partial charge in [-0.2, -0.15) is 13.2 Å². The maximum absolute atomic E-state index is 12.8. The predicted octanol–water partition coefficient (Wildman–Crippen LogP) is 3.70. The molecule has 0 unspecified atom stereocenters. The number of aromatic nitrogens is 3. The summed E-state index contributed by atoms with van der Waals surface area (Å²) in [4.78, 5) is 0. The number of rotatable bonds is 1. The first-order chi connectivity index (χ1) is 7.05. The molecule has 1 aromatic heterocycles. The molecule has 0 aliphatic rings. The average molecular weight is 297 g/mol. The number of alkyl halides is 6. The highest BCUT2D eigenvalue weighted by Gasteiger charge is 2.45. The third kappa shape index (κ3) is 2.73. The topological polar surface area (TPSA) is 30.7 Å². The van der Waals surface area contributed by atoms with Crippen LogP contribution in [0, 0.1) is 0 Å². The van der Waals surface area contributed by atoms with E-state index in [-0.39, 0.29) is 0 Å². The van der Waals surface area contributed by atoms with Crippen molar-refractivity contribution < 1.29 is 13.2 Å². The van der Waals surface area contributed by atoms with Gasteiger partial charge in [0.15, 0.2) is 5.69 Å².